The molecular weight excluding hydrogens is 296 g/mol. The summed E-state index contributed by atoms with van der Waals surface area (Å²) in [7, 11) is 4.37. The zero-order valence-electron chi connectivity index (χ0n) is 15.3. The van der Waals surface area contributed by atoms with E-state index >= 15 is 0 Å². The van der Waals surface area contributed by atoms with Gasteiger partial charge in [-0.1, -0.05) is 30.3 Å². The summed E-state index contributed by atoms with van der Waals surface area (Å²) in [6.45, 7) is 6.63. The molecule has 0 bridgehead atoms. The summed E-state index contributed by atoms with van der Waals surface area (Å²) in [5.74, 6) is 1.09. The van der Waals surface area contributed by atoms with Gasteiger partial charge in [-0.25, -0.2) is 4.98 Å². The highest BCUT2D eigenvalue weighted by atomic mass is 15.2. The van der Waals surface area contributed by atoms with Gasteiger partial charge in [0.05, 0.1) is 5.69 Å². The number of aromatic nitrogens is 2. The second kappa shape index (κ2) is 7.95. The Labute approximate surface area is 146 Å². The van der Waals surface area contributed by atoms with Crippen LogP contribution in [0.2, 0.25) is 0 Å². The van der Waals surface area contributed by atoms with E-state index in [1.165, 1.54) is 43.7 Å². The number of aryl methyl sites for hydroxylation is 1. The van der Waals surface area contributed by atoms with E-state index in [1.54, 1.807) is 0 Å². The molecule has 3 rings (SSSR count). The summed E-state index contributed by atoms with van der Waals surface area (Å²) in [6.07, 6.45) is 5.77. The Kier molecular flexibility index (Phi) is 5.69. The third-order valence-corrected chi connectivity index (χ3v) is 5.39. The Hall–Kier alpha value is -1.65. The molecule has 0 spiro atoms. The Balaban J connectivity index is 1.52. The van der Waals surface area contributed by atoms with E-state index < -0.39 is 0 Å². The van der Waals surface area contributed by atoms with Crippen molar-refractivity contribution in [3.05, 3.63) is 53.6 Å². The molecular formula is C20H30N4. The van der Waals surface area contributed by atoms with Gasteiger partial charge in [0, 0.05) is 38.9 Å². The van der Waals surface area contributed by atoms with E-state index in [0.717, 1.165) is 18.8 Å². The van der Waals surface area contributed by atoms with E-state index in [9.17, 15) is 0 Å². The van der Waals surface area contributed by atoms with Gasteiger partial charge in [0.2, 0.25) is 0 Å². The van der Waals surface area contributed by atoms with Crippen LogP contribution < -0.4 is 0 Å². The number of imidazole rings is 1. The molecule has 0 N–H and O–H groups in total. The van der Waals surface area contributed by atoms with Gasteiger partial charge in [-0.3, -0.25) is 4.90 Å². The van der Waals surface area contributed by atoms with Gasteiger partial charge in [-0.2, -0.15) is 0 Å². The quantitative estimate of drug-likeness (QED) is 0.816. The van der Waals surface area contributed by atoms with Gasteiger partial charge in [0.25, 0.3) is 0 Å². The molecule has 1 fully saturated rings. The van der Waals surface area contributed by atoms with Crippen LogP contribution in [-0.2, 0) is 20.0 Å². The molecule has 2 aromatic rings. The molecule has 4 nitrogen and oxygen atoms in total. The van der Waals surface area contributed by atoms with Crippen molar-refractivity contribution in [2.24, 2.45) is 7.05 Å². The number of hydrogen-bond donors (Lipinski definition) is 0. The van der Waals surface area contributed by atoms with Gasteiger partial charge in [0.15, 0.2) is 0 Å². The fourth-order valence-electron chi connectivity index (χ4n) is 3.61. The average molecular weight is 326 g/mol. The summed E-state index contributed by atoms with van der Waals surface area (Å²) in [5, 5.41) is 0. The second-order valence-corrected chi connectivity index (χ2v) is 7.10. The predicted octanol–water partition coefficient (Wildman–Crippen LogP) is 2.87. The predicted molar refractivity (Wildman–Crippen MR) is 99.0 cm³/mol. The standard InChI is InChI=1S/C20H30N4/c1-17-21-14-20(23(17)3)15-22(2)19-10-7-12-24(16-19)13-11-18-8-5-4-6-9-18/h4-6,8-9,14,19H,7,10-13,15-16H2,1-3H3/t19-/m1/s1. The second-order valence-electron chi connectivity index (χ2n) is 7.10. The molecule has 1 aromatic carbocycles. The largest absolute Gasteiger partial charge is 0.334 e. The van der Waals surface area contributed by atoms with Crippen molar-refractivity contribution < 1.29 is 0 Å². The van der Waals surface area contributed by atoms with Crippen molar-refractivity contribution >= 4 is 0 Å². The monoisotopic (exact) mass is 326 g/mol. The number of nitrogens with zero attached hydrogens (tertiary/aromatic N) is 4. The third kappa shape index (κ3) is 4.25. The Morgan fingerprint density at radius 3 is 2.75 bits per heavy atom. The van der Waals surface area contributed by atoms with Crippen molar-refractivity contribution in [1.29, 1.82) is 0 Å². The molecule has 130 valence electrons. The van der Waals surface area contributed by atoms with Gasteiger partial charge in [-0.15, -0.1) is 0 Å². The lowest BCUT2D eigenvalue weighted by Crippen LogP contribution is -2.46. The molecule has 0 aliphatic carbocycles. The fourth-order valence-corrected chi connectivity index (χ4v) is 3.61. The summed E-state index contributed by atoms with van der Waals surface area (Å²) in [6, 6.07) is 11.5. The molecule has 24 heavy (non-hydrogen) atoms. The Morgan fingerprint density at radius 1 is 1.25 bits per heavy atom. The van der Waals surface area contributed by atoms with Gasteiger partial charge in [0.1, 0.15) is 5.82 Å². The highest BCUT2D eigenvalue weighted by molar-refractivity contribution is 5.15. The maximum Gasteiger partial charge on any atom is 0.105 e. The molecule has 1 saturated heterocycles. The summed E-state index contributed by atoms with van der Waals surface area (Å²) < 4.78 is 2.20. The lowest BCUT2D eigenvalue weighted by molar-refractivity contribution is 0.111. The van der Waals surface area contributed by atoms with Crippen molar-refractivity contribution in [2.75, 3.05) is 26.7 Å². The van der Waals surface area contributed by atoms with Crippen LogP contribution in [0.3, 0.4) is 0 Å². The molecule has 1 aliphatic rings. The lowest BCUT2D eigenvalue weighted by Gasteiger charge is -2.37. The number of rotatable bonds is 6. The van der Waals surface area contributed by atoms with E-state index in [0.29, 0.717) is 6.04 Å². The van der Waals surface area contributed by atoms with Crippen LogP contribution in [0, 0.1) is 6.92 Å². The normalized spacial score (nSPS) is 19.1. The summed E-state index contributed by atoms with van der Waals surface area (Å²) >= 11 is 0. The van der Waals surface area contributed by atoms with Crippen LogP contribution in [0.1, 0.15) is 29.9 Å². The fraction of sp³-hybridized carbons (Fsp3) is 0.550. The Morgan fingerprint density at radius 2 is 2.04 bits per heavy atom. The van der Waals surface area contributed by atoms with Crippen LogP contribution >= 0.6 is 0 Å². The topological polar surface area (TPSA) is 24.3 Å². The first-order valence-electron chi connectivity index (χ1n) is 9.07. The number of likely N-dealkylation sites (tertiary alicyclic amines) is 1. The molecule has 0 unspecified atom stereocenters. The van der Waals surface area contributed by atoms with Crippen LogP contribution in [0.25, 0.3) is 0 Å². The highest BCUT2D eigenvalue weighted by Crippen LogP contribution is 2.17. The van der Waals surface area contributed by atoms with E-state index in [1.807, 2.05) is 6.20 Å². The zero-order chi connectivity index (χ0) is 16.9. The summed E-state index contributed by atoms with van der Waals surface area (Å²) in [5.41, 5.74) is 2.75. The zero-order valence-corrected chi connectivity index (χ0v) is 15.3. The van der Waals surface area contributed by atoms with Crippen LogP contribution in [-0.4, -0.2) is 52.1 Å². The molecule has 0 amide bonds. The number of piperidine rings is 1. The van der Waals surface area contributed by atoms with Crippen molar-refractivity contribution in [3.8, 4) is 0 Å². The van der Waals surface area contributed by atoms with Crippen molar-refractivity contribution in [3.63, 3.8) is 0 Å². The molecule has 2 heterocycles. The van der Waals surface area contributed by atoms with Crippen molar-refractivity contribution in [2.45, 2.75) is 38.8 Å². The van der Waals surface area contributed by atoms with E-state index in [2.05, 4.69) is 70.7 Å². The first-order valence-corrected chi connectivity index (χ1v) is 9.07. The van der Waals surface area contributed by atoms with E-state index in [4.69, 9.17) is 0 Å². The molecule has 4 heteroatoms. The minimum Gasteiger partial charge on any atom is -0.334 e. The smallest absolute Gasteiger partial charge is 0.105 e. The van der Waals surface area contributed by atoms with Crippen LogP contribution in [0.15, 0.2) is 36.5 Å². The molecule has 0 saturated carbocycles. The Bertz CT molecular complexity index is 634. The highest BCUT2D eigenvalue weighted by Gasteiger charge is 2.23. The van der Waals surface area contributed by atoms with Crippen molar-refractivity contribution in [1.82, 2.24) is 19.4 Å². The minimum atomic E-state index is 0.643. The third-order valence-electron chi connectivity index (χ3n) is 5.39. The van der Waals surface area contributed by atoms with Gasteiger partial charge in [-0.05, 0) is 45.3 Å². The van der Waals surface area contributed by atoms with Gasteiger partial charge < -0.3 is 9.47 Å². The molecule has 1 atom stereocenters. The average Bonchev–Trinajstić information content (AvgIpc) is 2.93. The maximum absolute atomic E-state index is 4.42. The number of hydrogen-bond acceptors (Lipinski definition) is 3. The van der Waals surface area contributed by atoms with Crippen LogP contribution in [0.4, 0.5) is 0 Å². The SMILES string of the molecule is Cc1ncc(CN(C)[C@@H]2CCCN(CCc3ccccc3)C2)n1C. The number of benzene rings is 1. The number of likely N-dealkylation sites (N-methyl/N-ethyl adjacent to an activating group) is 1. The minimum absolute atomic E-state index is 0.643. The lowest BCUT2D eigenvalue weighted by atomic mass is 10.0. The summed E-state index contributed by atoms with van der Waals surface area (Å²) in [4.78, 5) is 9.55. The van der Waals surface area contributed by atoms with E-state index in [-0.39, 0.29) is 0 Å². The van der Waals surface area contributed by atoms with Crippen LogP contribution in [0.5, 0.6) is 0 Å². The first kappa shape index (κ1) is 17.2. The molecule has 1 aliphatic heterocycles. The first-order chi connectivity index (χ1) is 11.6. The van der Waals surface area contributed by atoms with Gasteiger partial charge >= 0.3 is 0 Å². The molecule has 1 aromatic heterocycles. The molecule has 0 radical (unpaired) electrons. The maximum atomic E-state index is 4.42.